The van der Waals surface area contributed by atoms with E-state index in [1.54, 1.807) is 7.05 Å². The standard InChI is InChI=1S/C18H20F2N6O2/c1-25-13(6-21-24-25)16-22-15-9(3-2-4-18(15,19)20)17(23-16)26-7-11-10(5-14(27)28)12(11)8-26/h6,10-12H,2-5,7-8H2,1H3,(H,27,28). The summed E-state index contributed by atoms with van der Waals surface area (Å²) in [7, 11) is 1.67. The lowest BCUT2D eigenvalue weighted by Gasteiger charge is -2.30. The molecule has 8 nitrogen and oxygen atoms in total. The van der Waals surface area contributed by atoms with E-state index < -0.39 is 11.9 Å². The van der Waals surface area contributed by atoms with Crippen LogP contribution in [0.15, 0.2) is 6.20 Å². The summed E-state index contributed by atoms with van der Waals surface area (Å²) < 4.78 is 30.8. The van der Waals surface area contributed by atoms with Crippen LogP contribution in [0.5, 0.6) is 0 Å². The molecule has 0 aromatic carbocycles. The van der Waals surface area contributed by atoms with E-state index in [-0.39, 0.29) is 30.3 Å². The van der Waals surface area contributed by atoms with Crippen LogP contribution in [-0.2, 0) is 24.2 Å². The minimum atomic E-state index is -2.99. The number of aromatic nitrogens is 5. The number of hydrogen-bond donors (Lipinski definition) is 1. The second-order valence-corrected chi connectivity index (χ2v) is 7.99. The number of nitrogens with zero attached hydrogens (tertiary/aromatic N) is 6. The lowest BCUT2D eigenvalue weighted by Crippen LogP contribution is -2.31. The Bertz CT molecular complexity index is 950. The van der Waals surface area contributed by atoms with E-state index in [4.69, 9.17) is 5.11 Å². The zero-order valence-corrected chi connectivity index (χ0v) is 15.3. The van der Waals surface area contributed by atoms with Crippen molar-refractivity contribution in [3.63, 3.8) is 0 Å². The van der Waals surface area contributed by atoms with Gasteiger partial charge in [0.15, 0.2) is 5.82 Å². The maximum absolute atomic E-state index is 14.7. The molecule has 2 fully saturated rings. The van der Waals surface area contributed by atoms with Gasteiger partial charge in [-0.3, -0.25) is 4.79 Å². The van der Waals surface area contributed by atoms with Gasteiger partial charge in [0, 0.05) is 38.5 Å². The number of alkyl halides is 2. The molecule has 2 atom stereocenters. The van der Waals surface area contributed by atoms with Gasteiger partial charge in [0.05, 0.1) is 6.20 Å². The minimum absolute atomic E-state index is 0.176. The van der Waals surface area contributed by atoms with Gasteiger partial charge in [-0.05, 0) is 30.6 Å². The zero-order valence-electron chi connectivity index (χ0n) is 15.3. The van der Waals surface area contributed by atoms with Crippen LogP contribution >= 0.6 is 0 Å². The van der Waals surface area contributed by atoms with E-state index in [1.165, 1.54) is 10.9 Å². The molecular formula is C18H20F2N6O2. The highest BCUT2D eigenvalue weighted by Crippen LogP contribution is 2.55. The molecule has 2 aliphatic carbocycles. The molecule has 10 heteroatoms. The van der Waals surface area contributed by atoms with Crippen LogP contribution in [-0.4, -0.2) is 49.1 Å². The van der Waals surface area contributed by atoms with Gasteiger partial charge < -0.3 is 10.0 Å². The van der Waals surface area contributed by atoms with Crippen molar-refractivity contribution in [2.45, 2.75) is 31.6 Å². The number of aliphatic carboxylic acids is 1. The molecule has 1 saturated carbocycles. The Balaban J connectivity index is 1.53. The molecule has 2 aromatic heterocycles. The number of carboxylic acids is 1. The Morgan fingerprint density at radius 2 is 2.07 bits per heavy atom. The largest absolute Gasteiger partial charge is 0.481 e. The van der Waals surface area contributed by atoms with Gasteiger partial charge >= 0.3 is 5.97 Å². The van der Waals surface area contributed by atoms with Crippen LogP contribution in [0.2, 0.25) is 0 Å². The Kier molecular flexibility index (Phi) is 3.69. The first kappa shape index (κ1) is 17.4. The highest BCUT2D eigenvalue weighted by molar-refractivity contribution is 5.68. The number of aryl methyl sites for hydroxylation is 1. The molecule has 5 rings (SSSR count). The number of carbonyl (C=O) groups is 1. The summed E-state index contributed by atoms with van der Waals surface area (Å²) in [6.45, 7) is 1.31. The molecule has 0 amide bonds. The van der Waals surface area contributed by atoms with Crippen molar-refractivity contribution in [1.82, 2.24) is 25.0 Å². The van der Waals surface area contributed by atoms with Crippen molar-refractivity contribution >= 4 is 11.8 Å². The maximum atomic E-state index is 14.7. The summed E-state index contributed by atoms with van der Waals surface area (Å²) in [6.07, 6.45) is 2.34. The third-order valence-corrected chi connectivity index (χ3v) is 6.27. The van der Waals surface area contributed by atoms with Gasteiger partial charge in [-0.2, -0.15) is 8.78 Å². The second kappa shape index (κ2) is 5.92. The third-order valence-electron chi connectivity index (χ3n) is 6.27. The fourth-order valence-corrected chi connectivity index (χ4v) is 4.81. The van der Waals surface area contributed by atoms with E-state index in [0.29, 0.717) is 54.8 Å². The van der Waals surface area contributed by atoms with Gasteiger partial charge in [-0.25, -0.2) is 14.6 Å². The van der Waals surface area contributed by atoms with Crippen LogP contribution < -0.4 is 4.90 Å². The van der Waals surface area contributed by atoms with Gasteiger partial charge in [-0.15, -0.1) is 5.10 Å². The number of carboxylic acid groups (broad SMARTS) is 1. The Hall–Kier alpha value is -2.65. The lowest BCUT2D eigenvalue weighted by molar-refractivity contribution is -0.137. The van der Waals surface area contributed by atoms with Gasteiger partial charge in [0.25, 0.3) is 5.92 Å². The summed E-state index contributed by atoms with van der Waals surface area (Å²) in [4.78, 5) is 21.9. The number of rotatable bonds is 4. The summed E-state index contributed by atoms with van der Waals surface area (Å²) in [5.41, 5.74) is 0.812. The first-order chi connectivity index (χ1) is 13.3. The predicted octanol–water partition coefficient (Wildman–Crippen LogP) is 1.86. The summed E-state index contributed by atoms with van der Waals surface area (Å²) in [6, 6.07) is 0. The quantitative estimate of drug-likeness (QED) is 0.851. The summed E-state index contributed by atoms with van der Waals surface area (Å²) in [5.74, 6) is -2.22. The number of halogens is 2. The molecule has 148 valence electrons. The SMILES string of the molecule is Cn1nncc1-c1nc(N2CC3C(CC(=O)O)C3C2)c2c(n1)C(F)(F)CCC2. The van der Waals surface area contributed by atoms with Crippen molar-refractivity contribution in [3.05, 3.63) is 17.5 Å². The molecule has 1 N–H and O–H groups in total. The molecule has 0 bridgehead atoms. The zero-order chi connectivity index (χ0) is 19.6. The Morgan fingerprint density at radius 1 is 1.32 bits per heavy atom. The topological polar surface area (TPSA) is 97.0 Å². The number of fused-ring (bicyclic) bond motifs is 2. The molecule has 3 heterocycles. The minimum Gasteiger partial charge on any atom is -0.481 e. The molecule has 0 radical (unpaired) electrons. The average molecular weight is 390 g/mol. The van der Waals surface area contributed by atoms with E-state index >= 15 is 0 Å². The smallest absolute Gasteiger partial charge is 0.303 e. The fraction of sp³-hybridized carbons (Fsp3) is 0.611. The van der Waals surface area contributed by atoms with Gasteiger partial charge in [0.1, 0.15) is 17.2 Å². The molecule has 2 aromatic rings. The molecular weight excluding hydrogens is 370 g/mol. The van der Waals surface area contributed by atoms with Crippen molar-refractivity contribution < 1.29 is 18.7 Å². The lowest BCUT2D eigenvalue weighted by atomic mass is 9.92. The monoisotopic (exact) mass is 390 g/mol. The fourth-order valence-electron chi connectivity index (χ4n) is 4.81. The van der Waals surface area contributed by atoms with Crippen molar-refractivity contribution in [2.75, 3.05) is 18.0 Å². The van der Waals surface area contributed by atoms with Gasteiger partial charge in [0.2, 0.25) is 0 Å². The number of piperidine rings is 1. The van der Waals surface area contributed by atoms with Crippen LogP contribution in [0, 0.1) is 17.8 Å². The van der Waals surface area contributed by atoms with E-state index in [9.17, 15) is 13.6 Å². The summed E-state index contributed by atoms with van der Waals surface area (Å²) in [5, 5.41) is 16.7. The number of anilines is 1. The second-order valence-electron chi connectivity index (χ2n) is 7.99. The van der Waals surface area contributed by atoms with Crippen LogP contribution in [0.1, 0.15) is 30.5 Å². The molecule has 3 aliphatic rings. The first-order valence-corrected chi connectivity index (χ1v) is 9.46. The first-order valence-electron chi connectivity index (χ1n) is 9.46. The molecule has 0 spiro atoms. The Morgan fingerprint density at radius 3 is 2.71 bits per heavy atom. The van der Waals surface area contributed by atoms with Crippen molar-refractivity contribution in [3.8, 4) is 11.5 Å². The summed E-state index contributed by atoms with van der Waals surface area (Å²) >= 11 is 0. The van der Waals surface area contributed by atoms with E-state index in [1.807, 2.05) is 4.90 Å². The number of hydrogen-bond acceptors (Lipinski definition) is 6. The molecule has 1 saturated heterocycles. The van der Waals surface area contributed by atoms with Crippen LogP contribution in [0.25, 0.3) is 11.5 Å². The van der Waals surface area contributed by atoms with Gasteiger partial charge in [-0.1, -0.05) is 5.21 Å². The maximum Gasteiger partial charge on any atom is 0.303 e. The normalized spacial score (nSPS) is 27.4. The average Bonchev–Trinajstić information content (AvgIpc) is 3.01. The third kappa shape index (κ3) is 2.65. The molecule has 2 unspecified atom stereocenters. The van der Waals surface area contributed by atoms with Crippen LogP contribution in [0.3, 0.4) is 0 Å². The molecule has 1 aliphatic heterocycles. The van der Waals surface area contributed by atoms with Crippen LogP contribution in [0.4, 0.5) is 14.6 Å². The van der Waals surface area contributed by atoms with E-state index in [2.05, 4.69) is 20.3 Å². The van der Waals surface area contributed by atoms with Crippen molar-refractivity contribution in [1.29, 1.82) is 0 Å². The highest BCUT2D eigenvalue weighted by atomic mass is 19.3. The molecule has 28 heavy (non-hydrogen) atoms. The highest BCUT2D eigenvalue weighted by Gasteiger charge is 2.57. The van der Waals surface area contributed by atoms with E-state index in [0.717, 1.165) is 0 Å². The van der Waals surface area contributed by atoms with Crippen molar-refractivity contribution in [2.24, 2.45) is 24.8 Å². The Labute approximate surface area is 159 Å². The predicted molar refractivity (Wildman–Crippen MR) is 93.8 cm³/mol.